The second kappa shape index (κ2) is 5.27. The minimum absolute atomic E-state index is 0.0320. The van der Waals surface area contributed by atoms with E-state index in [1.54, 1.807) is 6.92 Å². The van der Waals surface area contributed by atoms with Crippen LogP contribution in [0.5, 0.6) is 0 Å². The summed E-state index contributed by atoms with van der Waals surface area (Å²) in [5.74, 6) is -0.520. The molecule has 0 aliphatic carbocycles. The first-order chi connectivity index (χ1) is 8.56. The average molecular weight is 307 g/mol. The first kappa shape index (κ1) is 12.7. The van der Waals surface area contributed by atoms with Crippen molar-refractivity contribution in [1.82, 2.24) is 9.97 Å². The molecule has 0 amide bonds. The van der Waals surface area contributed by atoms with Gasteiger partial charge in [-0.05, 0) is 24.6 Å². The summed E-state index contributed by atoms with van der Waals surface area (Å²) in [5, 5.41) is 8.95. The minimum Gasteiger partial charge on any atom is -0.477 e. The molecule has 0 radical (unpaired) electrons. The molecule has 1 heterocycles. The van der Waals surface area contributed by atoms with Crippen molar-refractivity contribution in [2.24, 2.45) is 0 Å². The normalized spacial score (nSPS) is 10.3. The number of nitrogens with zero attached hydrogens (tertiary/aromatic N) is 2. The third-order valence-corrected chi connectivity index (χ3v) is 3.20. The number of carboxylic acids is 1. The molecular formula is C13H11BrN2O2. The van der Waals surface area contributed by atoms with Crippen LogP contribution in [-0.2, 0) is 6.42 Å². The van der Waals surface area contributed by atoms with Crippen LogP contribution in [0.1, 0.15) is 27.6 Å². The highest BCUT2D eigenvalue weighted by molar-refractivity contribution is 9.10. The molecule has 0 aliphatic heterocycles. The van der Waals surface area contributed by atoms with Gasteiger partial charge >= 0.3 is 5.97 Å². The van der Waals surface area contributed by atoms with Crippen LogP contribution in [-0.4, -0.2) is 21.0 Å². The maximum atomic E-state index is 10.9. The number of aromatic nitrogens is 2. The summed E-state index contributed by atoms with van der Waals surface area (Å²) in [5.41, 5.74) is 1.72. The highest BCUT2D eigenvalue weighted by Crippen LogP contribution is 2.18. The lowest BCUT2D eigenvalue weighted by Crippen LogP contribution is -2.07. The zero-order valence-electron chi connectivity index (χ0n) is 9.72. The molecule has 2 rings (SSSR count). The van der Waals surface area contributed by atoms with E-state index in [1.807, 2.05) is 24.3 Å². The number of carbonyl (C=O) groups is 1. The zero-order valence-corrected chi connectivity index (χ0v) is 11.3. The lowest BCUT2D eigenvalue weighted by Gasteiger charge is -2.05. The largest absolute Gasteiger partial charge is 0.477 e. The first-order valence-corrected chi connectivity index (χ1v) is 6.17. The molecule has 0 unspecified atom stereocenters. The van der Waals surface area contributed by atoms with Gasteiger partial charge in [0.2, 0.25) is 0 Å². The Morgan fingerprint density at radius 3 is 2.72 bits per heavy atom. The lowest BCUT2D eigenvalue weighted by atomic mass is 10.1. The average Bonchev–Trinajstić information content (AvgIpc) is 2.31. The number of aromatic carboxylic acids is 1. The van der Waals surface area contributed by atoms with Gasteiger partial charge in [0.15, 0.2) is 5.69 Å². The summed E-state index contributed by atoms with van der Waals surface area (Å²) in [4.78, 5) is 19.2. The maximum absolute atomic E-state index is 10.9. The van der Waals surface area contributed by atoms with Gasteiger partial charge in [-0.25, -0.2) is 14.8 Å². The molecule has 2 aromatic rings. The molecule has 0 saturated carbocycles. The number of rotatable bonds is 3. The van der Waals surface area contributed by atoms with Crippen LogP contribution in [0.15, 0.2) is 34.8 Å². The van der Waals surface area contributed by atoms with Gasteiger partial charge in [0.25, 0.3) is 0 Å². The van der Waals surface area contributed by atoms with Crippen molar-refractivity contribution in [2.45, 2.75) is 13.3 Å². The van der Waals surface area contributed by atoms with Crippen molar-refractivity contribution in [3.63, 3.8) is 0 Å². The quantitative estimate of drug-likeness (QED) is 0.947. The van der Waals surface area contributed by atoms with E-state index in [1.165, 1.54) is 6.07 Å². The summed E-state index contributed by atoms with van der Waals surface area (Å²) in [6.45, 7) is 1.76. The fourth-order valence-corrected chi connectivity index (χ4v) is 2.06. The van der Waals surface area contributed by atoms with Crippen LogP contribution >= 0.6 is 15.9 Å². The molecule has 5 heteroatoms. The van der Waals surface area contributed by atoms with E-state index < -0.39 is 5.97 Å². The summed E-state index contributed by atoms with van der Waals surface area (Å²) >= 11 is 3.45. The summed E-state index contributed by atoms with van der Waals surface area (Å²) < 4.78 is 0.965. The fraction of sp³-hybridized carbons (Fsp3) is 0.154. The molecule has 4 nitrogen and oxygen atoms in total. The number of aryl methyl sites for hydroxylation is 1. The Morgan fingerprint density at radius 1 is 1.33 bits per heavy atom. The van der Waals surface area contributed by atoms with E-state index in [0.29, 0.717) is 17.9 Å². The van der Waals surface area contributed by atoms with Crippen molar-refractivity contribution in [1.29, 1.82) is 0 Å². The monoisotopic (exact) mass is 306 g/mol. The number of halogens is 1. The molecule has 0 aliphatic rings. The Bertz CT molecular complexity index is 599. The van der Waals surface area contributed by atoms with Crippen LogP contribution in [0, 0.1) is 6.92 Å². The molecule has 1 aromatic carbocycles. The zero-order chi connectivity index (χ0) is 13.1. The van der Waals surface area contributed by atoms with Crippen LogP contribution in [0.3, 0.4) is 0 Å². The van der Waals surface area contributed by atoms with E-state index in [0.717, 1.165) is 10.0 Å². The fourth-order valence-electron chi connectivity index (χ4n) is 1.63. The van der Waals surface area contributed by atoms with Crippen molar-refractivity contribution in [3.8, 4) is 0 Å². The van der Waals surface area contributed by atoms with Gasteiger partial charge in [-0.2, -0.15) is 0 Å². The maximum Gasteiger partial charge on any atom is 0.354 e. The van der Waals surface area contributed by atoms with E-state index in [-0.39, 0.29) is 5.69 Å². The summed E-state index contributed by atoms with van der Waals surface area (Å²) in [6.07, 6.45) is 0.503. The molecule has 92 valence electrons. The predicted molar refractivity (Wildman–Crippen MR) is 70.7 cm³/mol. The topological polar surface area (TPSA) is 63.1 Å². The molecule has 0 spiro atoms. The SMILES string of the molecule is Cc1cc(C(=O)O)nc(Cc2ccccc2Br)n1. The number of benzene rings is 1. The van der Waals surface area contributed by atoms with Crippen molar-refractivity contribution in [3.05, 3.63) is 57.6 Å². The molecule has 0 atom stereocenters. The van der Waals surface area contributed by atoms with E-state index in [4.69, 9.17) is 5.11 Å². The summed E-state index contributed by atoms with van der Waals surface area (Å²) in [7, 11) is 0. The smallest absolute Gasteiger partial charge is 0.354 e. The van der Waals surface area contributed by atoms with E-state index in [9.17, 15) is 4.79 Å². The van der Waals surface area contributed by atoms with Gasteiger partial charge in [-0.1, -0.05) is 34.1 Å². The number of hydrogen-bond acceptors (Lipinski definition) is 3. The second-order valence-corrected chi connectivity index (χ2v) is 4.74. The number of carboxylic acid groups (broad SMARTS) is 1. The van der Waals surface area contributed by atoms with Gasteiger partial charge in [0, 0.05) is 16.6 Å². The van der Waals surface area contributed by atoms with Crippen molar-refractivity contribution < 1.29 is 9.90 Å². The first-order valence-electron chi connectivity index (χ1n) is 5.37. The Kier molecular flexibility index (Phi) is 3.72. The molecule has 18 heavy (non-hydrogen) atoms. The lowest BCUT2D eigenvalue weighted by molar-refractivity contribution is 0.0689. The van der Waals surface area contributed by atoms with Crippen molar-refractivity contribution in [2.75, 3.05) is 0 Å². The molecule has 0 saturated heterocycles. The Balaban J connectivity index is 2.35. The van der Waals surface area contributed by atoms with Crippen LogP contribution in [0.25, 0.3) is 0 Å². The number of hydrogen-bond donors (Lipinski definition) is 1. The van der Waals surface area contributed by atoms with Gasteiger partial charge in [-0.3, -0.25) is 0 Å². The van der Waals surface area contributed by atoms with Crippen LogP contribution in [0.2, 0.25) is 0 Å². The third kappa shape index (κ3) is 2.92. The highest BCUT2D eigenvalue weighted by atomic mass is 79.9. The molecule has 1 N–H and O–H groups in total. The van der Waals surface area contributed by atoms with Crippen LogP contribution < -0.4 is 0 Å². The Hall–Kier alpha value is -1.75. The molecular weight excluding hydrogens is 296 g/mol. The summed E-state index contributed by atoms with van der Waals surface area (Å²) in [6, 6.07) is 9.20. The standard InChI is InChI=1S/C13H11BrN2O2/c1-8-6-11(13(17)18)16-12(15-8)7-9-4-2-3-5-10(9)14/h2-6H,7H2,1H3,(H,17,18). The van der Waals surface area contributed by atoms with E-state index >= 15 is 0 Å². The highest BCUT2D eigenvalue weighted by Gasteiger charge is 2.10. The van der Waals surface area contributed by atoms with Gasteiger partial charge in [-0.15, -0.1) is 0 Å². The van der Waals surface area contributed by atoms with Gasteiger partial charge in [0.1, 0.15) is 5.82 Å². The minimum atomic E-state index is -1.03. The van der Waals surface area contributed by atoms with Crippen LogP contribution in [0.4, 0.5) is 0 Å². The Morgan fingerprint density at radius 2 is 2.06 bits per heavy atom. The van der Waals surface area contributed by atoms with Gasteiger partial charge < -0.3 is 5.11 Å². The Labute approximate surface area is 113 Å². The molecule has 0 bridgehead atoms. The predicted octanol–water partition coefficient (Wildman–Crippen LogP) is 2.84. The second-order valence-electron chi connectivity index (χ2n) is 3.88. The molecule has 0 fully saturated rings. The van der Waals surface area contributed by atoms with Crippen molar-refractivity contribution >= 4 is 21.9 Å². The van der Waals surface area contributed by atoms with E-state index in [2.05, 4.69) is 25.9 Å². The molecule has 1 aromatic heterocycles. The third-order valence-electron chi connectivity index (χ3n) is 2.43. The van der Waals surface area contributed by atoms with Gasteiger partial charge in [0.05, 0.1) is 0 Å².